The number of carbonyl (C=O) groups is 2. The third kappa shape index (κ3) is 4.06. The monoisotopic (exact) mass is 482 g/mol. The summed E-state index contributed by atoms with van der Waals surface area (Å²) in [6.45, 7) is -0.494. The van der Waals surface area contributed by atoms with E-state index in [1.807, 2.05) is 48.5 Å². The molecule has 3 aromatic rings. The van der Waals surface area contributed by atoms with Gasteiger partial charge in [0, 0.05) is 21.4 Å². The van der Waals surface area contributed by atoms with Gasteiger partial charge in [0.25, 0.3) is 5.91 Å². The molecular formula is C23H19BrN2O5. The number of rotatable bonds is 6. The summed E-state index contributed by atoms with van der Waals surface area (Å²) >= 11 is 3.55. The number of fused-ring (bicyclic) bond motifs is 1. The number of carbonyl (C=O) groups excluding carboxylic acids is 1. The number of para-hydroxylation sites is 2. The van der Waals surface area contributed by atoms with Crippen molar-refractivity contribution in [2.45, 2.75) is 6.17 Å². The van der Waals surface area contributed by atoms with Crippen LogP contribution in [0.25, 0.3) is 0 Å². The van der Waals surface area contributed by atoms with Crippen LogP contribution in [0, 0.1) is 0 Å². The van der Waals surface area contributed by atoms with Gasteiger partial charge in [0.05, 0.1) is 12.7 Å². The van der Waals surface area contributed by atoms with Gasteiger partial charge in [-0.15, -0.1) is 0 Å². The Hall–Kier alpha value is -3.52. The standard InChI is InChI=1S/C23H19BrN2O5/c1-30-19-11-16(17(24)12-20(19)31-13-21(27)28)22-25-18-10-6-5-9-15(18)23(29)26(22)14-7-3-2-4-8-14/h2-12,22,25H,13H2,1H3,(H,27,28)/t22-/m1/s1. The number of nitrogens with zero attached hydrogens (tertiary/aromatic N) is 1. The van der Waals surface area contributed by atoms with Gasteiger partial charge in [0.1, 0.15) is 6.17 Å². The highest BCUT2D eigenvalue weighted by molar-refractivity contribution is 9.10. The first-order valence-corrected chi connectivity index (χ1v) is 10.2. The molecule has 7 nitrogen and oxygen atoms in total. The average molecular weight is 483 g/mol. The molecule has 0 unspecified atom stereocenters. The number of benzene rings is 3. The van der Waals surface area contributed by atoms with Gasteiger partial charge in [-0.2, -0.15) is 0 Å². The van der Waals surface area contributed by atoms with Gasteiger partial charge in [-0.1, -0.05) is 46.3 Å². The number of aliphatic carboxylic acids is 1. The Kier molecular flexibility index (Phi) is 5.81. The van der Waals surface area contributed by atoms with Crippen molar-refractivity contribution < 1.29 is 24.2 Å². The molecule has 0 fully saturated rings. The molecule has 8 heteroatoms. The largest absolute Gasteiger partial charge is 0.493 e. The highest BCUT2D eigenvalue weighted by Crippen LogP contribution is 2.42. The number of halogens is 1. The van der Waals surface area contributed by atoms with E-state index in [1.165, 1.54) is 7.11 Å². The van der Waals surface area contributed by atoms with E-state index < -0.39 is 18.7 Å². The fourth-order valence-electron chi connectivity index (χ4n) is 3.50. The van der Waals surface area contributed by atoms with Gasteiger partial charge in [0.15, 0.2) is 18.1 Å². The van der Waals surface area contributed by atoms with E-state index in [1.54, 1.807) is 23.1 Å². The normalized spacial score (nSPS) is 15.1. The molecule has 0 saturated carbocycles. The Balaban J connectivity index is 1.82. The van der Waals surface area contributed by atoms with Crippen molar-refractivity contribution in [1.29, 1.82) is 0 Å². The van der Waals surface area contributed by atoms with Gasteiger partial charge in [0.2, 0.25) is 0 Å². The van der Waals surface area contributed by atoms with Crippen molar-refractivity contribution in [2.75, 3.05) is 23.9 Å². The van der Waals surface area contributed by atoms with Crippen molar-refractivity contribution >= 4 is 39.2 Å². The lowest BCUT2D eigenvalue weighted by Gasteiger charge is -2.38. The third-order valence-corrected chi connectivity index (χ3v) is 5.58. The zero-order valence-electron chi connectivity index (χ0n) is 16.5. The molecular weight excluding hydrogens is 464 g/mol. The van der Waals surface area contributed by atoms with Gasteiger partial charge in [-0.05, 0) is 36.4 Å². The number of anilines is 2. The molecule has 158 valence electrons. The lowest BCUT2D eigenvalue weighted by Crippen LogP contribution is -2.43. The Morgan fingerprint density at radius 3 is 2.52 bits per heavy atom. The minimum Gasteiger partial charge on any atom is -0.493 e. The fraction of sp³-hybridized carbons (Fsp3) is 0.130. The molecule has 0 aromatic heterocycles. The van der Waals surface area contributed by atoms with Crippen LogP contribution in [0.4, 0.5) is 11.4 Å². The number of carboxylic acids is 1. The van der Waals surface area contributed by atoms with Crippen molar-refractivity contribution in [3.63, 3.8) is 0 Å². The second-order valence-electron chi connectivity index (χ2n) is 6.81. The highest BCUT2D eigenvalue weighted by Gasteiger charge is 2.35. The van der Waals surface area contributed by atoms with E-state index in [-0.39, 0.29) is 11.7 Å². The van der Waals surface area contributed by atoms with Crippen LogP contribution < -0.4 is 19.7 Å². The molecule has 3 aromatic carbocycles. The summed E-state index contributed by atoms with van der Waals surface area (Å²) < 4.78 is 11.4. The zero-order valence-corrected chi connectivity index (χ0v) is 18.1. The predicted molar refractivity (Wildman–Crippen MR) is 120 cm³/mol. The molecule has 1 aliphatic rings. The number of hydrogen-bond acceptors (Lipinski definition) is 5. The van der Waals surface area contributed by atoms with Crippen LogP contribution in [0.15, 0.2) is 71.2 Å². The molecule has 0 radical (unpaired) electrons. The molecule has 1 atom stereocenters. The first-order valence-electron chi connectivity index (χ1n) is 9.46. The highest BCUT2D eigenvalue weighted by atomic mass is 79.9. The molecule has 2 N–H and O–H groups in total. The van der Waals surface area contributed by atoms with Gasteiger partial charge < -0.3 is 19.9 Å². The Morgan fingerprint density at radius 1 is 1.10 bits per heavy atom. The van der Waals surface area contributed by atoms with E-state index in [0.29, 0.717) is 15.8 Å². The number of hydrogen-bond donors (Lipinski definition) is 2. The van der Waals surface area contributed by atoms with Crippen LogP contribution in [-0.2, 0) is 4.79 Å². The maximum absolute atomic E-state index is 13.5. The second kappa shape index (κ2) is 8.69. The Labute approximate surface area is 187 Å². The fourth-order valence-corrected chi connectivity index (χ4v) is 4.04. The van der Waals surface area contributed by atoms with E-state index in [9.17, 15) is 9.59 Å². The topological polar surface area (TPSA) is 88.1 Å². The third-order valence-electron chi connectivity index (χ3n) is 4.89. The van der Waals surface area contributed by atoms with Crippen LogP contribution in [0.2, 0.25) is 0 Å². The van der Waals surface area contributed by atoms with Crippen LogP contribution in [0.5, 0.6) is 11.5 Å². The van der Waals surface area contributed by atoms with E-state index in [4.69, 9.17) is 14.6 Å². The van der Waals surface area contributed by atoms with Crippen molar-refractivity contribution in [2.24, 2.45) is 0 Å². The number of amides is 1. The van der Waals surface area contributed by atoms with Crippen LogP contribution >= 0.6 is 15.9 Å². The SMILES string of the molecule is COc1cc([C@@H]2Nc3ccccc3C(=O)N2c2ccccc2)c(Br)cc1OCC(=O)O. The molecule has 4 rings (SSSR count). The lowest BCUT2D eigenvalue weighted by atomic mass is 10.0. The minimum atomic E-state index is -1.09. The van der Waals surface area contributed by atoms with E-state index in [0.717, 1.165) is 16.9 Å². The van der Waals surface area contributed by atoms with Crippen molar-refractivity contribution in [1.82, 2.24) is 0 Å². The summed E-state index contributed by atoms with van der Waals surface area (Å²) in [5.41, 5.74) is 2.76. The van der Waals surface area contributed by atoms with E-state index in [2.05, 4.69) is 21.2 Å². The lowest BCUT2D eigenvalue weighted by molar-refractivity contribution is -0.139. The first kappa shape index (κ1) is 20.7. The van der Waals surface area contributed by atoms with Crippen molar-refractivity contribution in [3.8, 4) is 11.5 Å². The van der Waals surface area contributed by atoms with Gasteiger partial charge in [-0.25, -0.2) is 4.79 Å². The van der Waals surface area contributed by atoms with Crippen LogP contribution in [0.1, 0.15) is 22.1 Å². The van der Waals surface area contributed by atoms with Gasteiger partial charge >= 0.3 is 5.97 Å². The molecule has 1 heterocycles. The quantitative estimate of drug-likeness (QED) is 0.529. The summed E-state index contributed by atoms with van der Waals surface area (Å²) in [6, 6.07) is 20.1. The number of ether oxygens (including phenoxy) is 2. The molecule has 31 heavy (non-hydrogen) atoms. The molecule has 1 amide bonds. The smallest absolute Gasteiger partial charge is 0.341 e. The average Bonchev–Trinajstić information content (AvgIpc) is 2.78. The summed E-state index contributed by atoms with van der Waals surface area (Å²) in [7, 11) is 1.48. The maximum atomic E-state index is 13.5. The van der Waals surface area contributed by atoms with Crippen molar-refractivity contribution in [3.05, 3.63) is 82.3 Å². The summed E-state index contributed by atoms with van der Waals surface area (Å²) in [6.07, 6.45) is -0.540. The predicted octanol–water partition coefficient (Wildman–Crippen LogP) is 4.69. The molecule has 0 spiro atoms. The Morgan fingerprint density at radius 2 is 1.81 bits per heavy atom. The summed E-state index contributed by atoms with van der Waals surface area (Å²) in [4.78, 5) is 26.0. The van der Waals surface area contributed by atoms with Crippen LogP contribution in [0.3, 0.4) is 0 Å². The zero-order chi connectivity index (χ0) is 22.0. The summed E-state index contributed by atoms with van der Waals surface area (Å²) in [5.74, 6) is -0.578. The minimum absolute atomic E-state index is 0.136. The van der Waals surface area contributed by atoms with Gasteiger partial charge in [-0.3, -0.25) is 9.69 Å². The maximum Gasteiger partial charge on any atom is 0.341 e. The first-order chi connectivity index (χ1) is 15.0. The number of methoxy groups -OCH3 is 1. The molecule has 1 aliphatic heterocycles. The molecule has 0 bridgehead atoms. The second-order valence-corrected chi connectivity index (χ2v) is 7.66. The van der Waals surface area contributed by atoms with E-state index >= 15 is 0 Å². The number of nitrogens with one attached hydrogen (secondary N) is 1. The Bertz CT molecular complexity index is 1140. The molecule has 0 saturated heterocycles. The number of carboxylic acid groups (broad SMARTS) is 1. The van der Waals surface area contributed by atoms with Crippen LogP contribution in [-0.4, -0.2) is 30.7 Å². The molecule has 0 aliphatic carbocycles. The summed E-state index contributed by atoms with van der Waals surface area (Å²) in [5, 5.41) is 12.4.